The van der Waals surface area contributed by atoms with Crippen LogP contribution in [0.25, 0.3) is 11.0 Å². The molecule has 1 amide bonds. The first kappa shape index (κ1) is 17.8. The molecule has 0 fully saturated rings. The number of benzene rings is 1. The van der Waals surface area contributed by atoms with Crippen LogP contribution in [-0.2, 0) is 27.9 Å². The number of carbonyl (C=O) groups is 2. The van der Waals surface area contributed by atoms with Crippen molar-refractivity contribution >= 4 is 22.9 Å². The van der Waals surface area contributed by atoms with E-state index in [1.807, 2.05) is 32.0 Å². The van der Waals surface area contributed by atoms with E-state index in [1.165, 1.54) is 16.2 Å². The van der Waals surface area contributed by atoms with Crippen molar-refractivity contribution in [2.24, 2.45) is 13.0 Å². The zero-order valence-corrected chi connectivity index (χ0v) is 14.4. The molecule has 0 saturated heterocycles. The monoisotopic (exact) mass is 333 g/mol. The number of imidazole rings is 1. The third-order valence-electron chi connectivity index (χ3n) is 3.88. The number of para-hydroxylation sites is 2. The van der Waals surface area contributed by atoms with Gasteiger partial charge in [0.1, 0.15) is 12.6 Å². The Kier molecular flexibility index (Phi) is 5.43. The zero-order chi connectivity index (χ0) is 17.9. The van der Waals surface area contributed by atoms with Crippen LogP contribution in [0.4, 0.5) is 0 Å². The third-order valence-corrected chi connectivity index (χ3v) is 3.88. The third kappa shape index (κ3) is 3.67. The average Bonchev–Trinajstić information content (AvgIpc) is 2.78. The topological polar surface area (TPSA) is 82.3 Å². The molecular weight excluding hydrogens is 310 g/mol. The van der Waals surface area contributed by atoms with Gasteiger partial charge in [0, 0.05) is 7.05 Å². The van der Waals surface area contributed by atoms with E-state index in [4.69, 9.17) is 4.74 Å². The molecule has 1 atom stereocenters. The van der Waals surface area contributed by atoms with E-state index >= 15 is 0 Å². The lowest BCUT2D eigenvalue weighted by atomic mass is 10.0. The number of hydrogen-bond donors (Lipinski definition) is 1. The van der Waals surface area contributed by atoms with Crippen molar-refractivity contribution in [3.8, 4) is 0 Å². The molecular formula is C17H23N3O4. The molecule has 130 valence electrons. The van der Waals surface area contributed by atoms with Gasteiger partial charge in [-0.1, -0.05) is 26.0 Å². The van der Waals surface area contributed by atoms with Gasteiger partial charge >= 0.3 is 11.7 Å². The number of fused-ring (bicyclic) bond motifs is 1. The Balaban J connectivity index is 2.22. The molecule has 0 saturated carbocycles. The highest BCUT2D eigenvalue weighted by atomic mass is 16.5. The largest absolute Gasteiger partial charge is 0.467 e. The molecule has 0 spiro atoms. The number of amides is 1. The summed E-state index contributed by atoms with van der Waals surface area (Å²) in [7, 11) is 2.95. The summed E-state index contributed by atoms with van der Waals surface area (Å²) in [6, 6.07) is 6.54. The van der Waals surface area contributed by atoms with Crippen molar-refractivity contribution in [3.05, 3.63) is 34.7 Å². The van der Waals surface area contributed by atoms with Crippen LogP contribution in [0.1, 0.15) is 20.3 Å². The van der Waals surface area contributed by atoms with Crippen molar-refractivity contribution < 1.29 is 14.3 Å². The lowest BCUT2D eigenvalue weighted by Gasteiger charge is -2.18. The Bertz CT molecular complexity index is 804. The lowest BCUT2D eigenvalue weighted by molar-refractivity contribution is -0.145. The van der Waals surface area contributed by atoms with Crippen LogP contribution in [0.5, 0.6) is 0 Å². The van der Waals surface area contributed by atoms with Gasteiger partial charge in [-0.05, 0) is 24.5 Å². The second-order valence-electron chi connectivity index (χ2n) is 6.19. The summed E-state index contributed by atoms with van der Waals surface area (Å²) in [6.45, 7) is 3.76. The van der Waals surface area contributed by atoms with Crippen LogP contribution < -0.4 is 11.0 Å². The number of rotatable bonds is 6. The fourth-order valence-electron chi connectivity index (χ4n) is 2.73. The van der Waals surface area contributed by atoms with Gasteiger partial charge in [-0.2, -0.15) is 0 Å². The highest BCUT2D eigenvalue weighted by Gasteiger charge is 2.23. The van der Waals surface area contributed by atoms with Gasteiger partial charge in [0.2, 0.25) is 5.91 Å². The summed E-state index contributed by atoms with van der Waals surface area (Å²) < 4.78 is 7.63. The Morgan fingerprint density at radius 1 is 1.21 bits per heavy atom. The van der Waals surface area contributed by atoms with Crippen LogP contribution in [0.3, 0.4) is 0 Å². The molecule has 1 aromatic heterocycles. The molecule has 0 aliphatic rings. The first-order valence-corrected chi connectivity index (χ1v) is 7.86. The zero-order valence-electron chi connectivity index (χ0n) is 14.4. The molecule has 0 bridgehead atoms. The Morgan fingerprint density at radius 3 is 2.42 bits per heavy atom. The quantitative estimate of drug-likeness (QED) is 0.801. The molecule has 7 nitrogen and oxygen atoms in total. The summed E-state index contributed by atoms with van der Waals surface area (Å²) in [5.74, 6) is -0.665. The van der Waals surface area contributed by atoms with Crippen LogP contribution in [0.15, 0.2) is 29.1 Å². The summed E-state index contributed by atoms with van der Waals surface area (Å²) in [5.41, 5.74) is 1.16. The summed E-state index contributed by atoms with van der Waals surface area (Å²) in [6.07, 6.45) is 0.475. The smallest absolute Gasteiger partial charge is 0.329 e. The first-order valence-electron chi connectivity index (χ1n) is 7.86. The lowest BCUT2D eigenvalue weighted by Crippen LogP contribution is -2.44. The molecule has 0 unspecified atom stereocenters. The van der Waals surface area contributed by atoms with Crippen LogP contribution in [-0.4, -0.2) is 34.2 Å². The second kappa shape index (κ2) is 7.33. The van der Waals surface area contributed by atoms with E-state index < -0.39 is 17.9 Å². The van der Waals surface area contributed by atoms with Crippen molar-refractivity contribution in [2.45, 2.75) is 32.9 Å². The Labute approximate surface area is 140 Å². The second-order valence-corrected chi connectivity index (χ2v) is 6.19. The molecule has 7 heteroatoms. The number of methoxy groups -OCH3 is 1. The van der Waals surface area contributed by atoms with E-state index in [2.05, 4.69) is 5.32 Å². The summed E-state index contributed by atoms with van der Waals surface area (Å²) in [4.78, 5) is 36.5. The SMILES string of the molecule is COC(=O)[C@H](CC(C)C)NC(=O)Cn1c(=O)n(C)c2ccccc21. The number of nitrogens with one attached hydrogen (secondary N) is 1. The van der Waals surface area contributed by atoms with E-state index in [1.54, 1.807) is 13.1 Å². The molecule has 0 aliphatic heterocycles. The van der Waals surface area contributed by atoms with Gasteiger partial charge in [0.15, 0.2) is 0 Å². The number of hydrogen-bond acceptors (Lipinski definition) is 4. The maximum atomic E-state index is 12.3. The fourth-order valence-corrected chi connectivity index (χ4v) is 2.73. The maximum Gasteiger partial charge on any atom is 0.329 e. The maximum absolute atomic E-state index is 12.3. The van der Waals surface area contributed by atoms with Gasteiger partial charge in [-0.25, -0.2) is 9.59 Å². The van der Waals surface area contributed by atoms with Crippen molar-refractivity contribution in [3.63, 3.8) is 0 Å². The van der Waals surface area contributed by atoms with Gasteiger partial charge < -0.3 is 10.1 Å². The normalized spacial score (nSPS) is 12.4. The summed E-state index contributed by atoms with van der Waals surface area (Å²) in [5, 5.41) is 2.67. The molecule has 1 aromatic carbocycles. The minimum atomic E-state index is -0.715. The predicted octanol–water partition coefficient (Wildman–Crippen LogP) is 1.04. The van der Waals surface area contributed by atoms with E-state index in [9.17, 15) is 14.4 Å². The van der Waals surface area contributed by atoms with Crippen LogP contribution >= 0.6 is 0 Å². The molecule has 1 N–H and O–H groups in total. The number of aryl methyl sites for hydroxylation is 1. The van der Waals surface area contributed by atoms with Gasteiger partial charge in [0.25, 0.3) is 0 Å². The number of nitrogens with zero attached hydrogens (tertiary/aromatic N) is 2. The predicted molar refractivity (Wildman–Crippen MR) is 90.6 cm³/mol. The Hall–Kier alpha value is -2.57. The molecule has 0 radical (unpaired) electrons. The van der Waals surface area contributed by atoms with Gasteiger partial charge in [-0.15, -0.1) is 0 Å². The average molecular weight is 333 g/mol. The number of esters is 1. The molecule has 2 rings (SSSR count). The number of ether oxygens (including phenoxy) is 1. The molecule has 1 heterocycles. The molecule has 0 aliphatic carbocycles. The van der Waals surface area contributed by atoms with Crippen molar-refractivity contribution in [1.82, 2.24) is 14.5 Å². The highest BCUT2D eigenvalue weighted by Crippen LogP contribution is 2.11. The standard InChI is InChI=1S/C17H23N3O4/c1-11(2)9-12(16(22)24-4)18-15(21)10-20-14-8-6-5-7-13(14)19(3)17(20)23/h5-8,11-12H,9-10H2,1-4H3,(H,18,21)/t12-/m0/s1. The molecule has 2 aromatic rings. The first-order chi connectivity index (χ1) is 11.3. The van der Waals surface area contributed by atoms with Crippen LogP contribution in [0.2, 0.25) is 0 Å². The van der Waals surface area contributed by atoms with Crippen molar-refractivity contribution in [2.75, 3.05) is 7.11 Å². The summed E-state index contributed by atoms with van der Waals surface area (Å²) >= 11 is 0. The van der Waals surface area contributed by atoms with Gasteiger partial charge in [0.05, 0.1) is 18.1 Å². The minimum Gasteiger partial charge on any atom is -0.467 e. The van der Waals surface area contributed by atoms with Crippen LogP contribution in [0, 0.1) is 5.92 Å². The van der Waals surface area contributed by atoms with E-state index in [0.29, 0.717) is 11.9 Å². The Morgan fingerprint density at radius 2 is 1.83 bits per heavy atom. The van der Waals surface area contributed by atoms with Gasteiger partial charge in [-0.3, -0.25) is 13.9 Å². The van der Waals surface area contributed by atoms with E-state index in [-0.39, 0.29) is 18.2 Å². The number of carbonyl (C=O) groups excluding carboxylic acids is 2. The fraction of sp³-hybridized carbons (Fsp3) is 0.471. The van der Waals surface area contributed by atoms with Crippen molar-refractivity contribution in [1.29, 1.82) is 0 Å². The minimum absolute atomic E-state index is 0.147. The number of aromatic nitrogens is 2. The highest BCUT2D eigenvalue weighted by molar-refractivity contribution is 5.85. The molecule has 24 heavy (non-hydrogen) atoms. The van der Waals surface area contributed by atoms with E-state index in [0.717, 1.165) is 5.52 Å².